The Morgan fingerprint density at radius 3 is 3.00 bits per heavy atom. The summed E-state index contributed by atoms with van der Waals surface area (Å²) in [5.41, 5.74) is 1.90. The minimum Gasteiger partial charge on any atom is -0.478 e. The second kappa shape index (κ2) is 5.46. The van der Waals surface area contributed by atoms with Crippen LogP contribution < -0.4 is 5.32 Å². The Hall–Kier alpha value is -2.14. The Balaban J connectivity index is 2.24. The van der Waals surface area contributed by atoms with E-state index in [0.29, 0.717) is 6.61 Å². The number of anilines is 1. The van der Waals surface area contributed by atoms with Crippen molar-refractivity contribution in [1.29, 1.82) is 0 Å². The number of aromatic carboxylic acids is 1. The highest BCUT2D eigenvalue weighted by molar-refractivity contribution is 5.93. The Kier molecular flexibility index (Phi) is 3.74. The van der Waals surface area contributed by atoms with Crippen LogP contribution in [0.3, 0.4) is 0 Å². The van der Waals surface area contributed by atoms with Crippen molar-refractivity contribution in [2.24, 2.45) is 0 Å². The zero-order chi connectivity index (χ0) is 13.0. The molecule has 5 heteroatoms. The van der Waals surface area contributed by atoms with E-state index in [9.17, 15) is 4.79 Å². The fourth-order valence-corrected chi connectivity index (χ4v) is 1.65. The maximum atomic E-state index is 10.8. The monoisotopic (exact) mass is 246 g/mol. The molecule has 2 N–H and O–H groups in total. The lowest BCUT2D eigenvalue weighted by molar-refractivity contribution is 0.0696. The number of nitrogens with zero attached hydrogens (tertiary/aromatic N) is 1. The third-order valence-corrected chi connectivity index (χ3v) is 2.57. The topological polar surface area (TPSA) is 71.5 Å². The number of aromatic nitrogens is 1. The number of nitrogens with one attached hydrogen (secondary N) is 1. The first-order valence-corrected chi connectivity index (χ1v) is 5.56. The number of rotatable bonds is 5. The number of hydrogen-bond acceptors (Lipinski definition) is 4. The van der Waals surface area contributed by atoms with Crippen LogP contribution in [0.2, 0.25) is 0 Å². The molecule has 0 atom stereocenters. The summed E-state index contributed by atoms with van der Waals surface area (Å²) in [6.45, 7) is 1.35. The van der Waals surface area contributed by atoms with E-state index >= 15 is 0 Å². The van der Waals surface area contributed by atoms with Gasteiger partial charge in [0, 0.05) is 30.9 Å². The van der Waals surface area contributed by atoms with Crippen molar-refractivity contribution in [3.63, 3.8) is 0 Å². The highest BCUT2D eigenvalue weighted by Crippen LogP contribution is 2.18. The molecule has 0 saturated heterocycles. The Morgan fingerprint density at radius 2 is 2.28 bits per heavy atom. The maximum Gasteiger partial charge on any atom is 0.337 e. The summed E-state index contributed by atoms with van der Waals surface area (Å²) in [6.07, 6.45) is 1.36. The van der Waals surface area contributed by atoms with E-state index in [1.54, 1.807) is 13.2 Å². The number of ether oxygens (including phenoxy) is 1. The van der Waals surface area contributed by atoms with E-state index in [-0.39, 0.29) is 5.56 Å². The molecular weight excluding hydrogens is 232 g/mol. The summed E-state index contributed by atoms with van der Waals surface area (Å²) in [4.78, 5) is 15.0. The van der Waals surface area contributed by atoms with Gasteiger partial charge in [-0.15, -0.1) is 0 Å². The lowest BCUT2D eigenvalue weighted by Crippen LogP contribution is -2.07. The van der Waals surface area contributed by atoms with Crippen molar-refractivity contribution in [3.8, 4) is 0 Å². The Bertz CT molecular complexity index is 569. The maximum absolute atomic E-state index is 10.8. The lowest BCUT2D eigenvalue weighted by atomic mass is 10.1. The highest BCUT2D eigenvalue weighted by Gasteiger charge is 2.05. The smallest absolute Gasteiger partial charge is 0.337 e. The molecule has 1 aromatic heterocycles. The summed E-state index contributed by atoms with van der Waals surface area (Å²) in [7, 11) is 1.65. The Labute approximate surface area is 104 Å². The van der Waals surface area contributed by atoms with Gasteiger partial charge < -0.3 is 15.2 Å². The average Bonchev–Trinajstić information content (AvgIpc) is 2.38. The molecular formula is C13H14N2O3. The quantitative estimate of drug-likeness (QED) is 0.789. The van der Waals surface area contributed by atoms with Crippen molar-refractivity contribution in [1.82, 2.24) is 4.98 Å². The van der Waals surface area contributed by atoms with Gasteiger partial charge in [-0.25, -0.2) is 4.79 Å². The minimum atomic E-state index is -0.966. The van der Waals surface area contributed by atoms with Crippen molar-refractivity contribution in [2.45, 2.75) is 0 Å². The molecule has 0 aliphatic carbocycles. The molecule has 2 aromatic rings. The average molecular weight is 246 g/mol. The first-order valence-electron chi connectivity index (χ1n) is 5.56. The van der Waals surface area contributed by atoms with Crippen LogP contribution >= 0.6 is 0 Å². The van der Waals surface area contributed by atoms with Crippen molar-refractivity contribution >= 4 is 22.6 Å². The summed E-state index contributed by atoms with van der Waals surface area (Å²) in [5, 5.41) is 12.9. The zero-order valence-corrected chi connectivity index (χ0v) is 10.0. The molecule has 94 valence electrons. The Morgan fingerprint density at radius 1 is 1.44 bits per heavy atom. The van der Waals surface area contributed by atoms with Gasteiger partial charge in [-0.3, -0.25) is 4.98 Å². The molecule has 0 amide bonds. The van der Waals surface area contributed by atoms with Crippen LogP contribution in [-0.2, 0) is 4.74 Å². The predicted octanol–water partition coefficient (Wildman–Crippen LogP) is 1.99. The van der Waals surface area contributed by atoms with Crippen molar-refractivity contribution in [3.05, 3.63) is 36.0 Å². The van der Waals surface area contributed by atoms with E-state index in [0.717, 1.165) is 23.1 Å². The van der Waals surface area contributed by atoms with Crippen LogP contribution in [0.1, 0.15) is 10.4 Å². The van der Waals surface area contributed by atoms with Gasteiger partial charge >= 0.3 is 5.97 Å². The van der Waals surface area contributed by atoms with Gasteiger partial charge in [-0.2, -0.15) is 0 Å². The lowest BCUT2D eigenvalue weighted by Gasteiger charge is -2.06. The molecule has 0 fully saturated rings. The van der Waals surface area contributed by atoms with Crippen LogP contribution in [0.4, 0.5) is 5.69 Å². The highest BCUT2D eigenvalue weighted by atomic mass is 16.5. The van der Waals surface area contributed by atoms with E-state index in [1.807, 2.05) is 18.2 Å². The second-order valence-corrected chi connectivity index (χ2v) is 3.86. The number of fused-ring (bicyclic) bond motifs is 1. The van der Waals surface area contributed by atoms with Crippen LogP contribution in [0.5, 0.6) is 0 Å². The van der Waals surface area contributed by atoms with E-state index in [2.05, 4.69) is 10.3 Å². The molecule has 0 aliphatic heterocycles. The molecule has 1 heterocycles. The zero-order valence-electron chi connectivity index (χ0n) is 10.0. The van der Waals surface area contributed by atoms with Crippen molar-refractivity contribution < 1.29 is 14.6 Å². The fraction of sp³-hybridized carbons (Fsp3) is 0.231. The fourth-order valence-electron chi connectivity index (χ4n) is 1.65. The third kappa shape index (κ3) is 2.75. The van der Waals surface area contributed by atoms with Gasteiger partial charge in [0.2, 0.25) is 0 Å². The molecule has 0 radical (unpaired) electrons. The summed E-state index contributed by atoms with van der Waals surface area (Å²) in [6, 6.07) is 7.25. The standard InChI is InChI=1S/C13H14N2O3/c1-18-5-4-14-11-3-2-9-6-10(13(16)17)8-15-12(9)7-11/h2-3,6-8,14H,4-5H2,1H3,(H,16,17). The predicted molar refractivity (Wildman–Crippen MR) is 69.1 cm³/mol. The van der Waals surface area contributed by atoms with Crippen LogP contribution in [0, 0.1) is 0 Å². The summed E-state index contributed by atoms with van der Waals surface area (Å²) >= 11 is 0. The molecule has 2 rings (SSSR count). The number of pyridine rings is 1. The molecule has 0 spiro atoms. The van der Waals surface area contributed by atoms with Crippen LogP contribution in [0.15, 0.2) is 30.5 Å². The van der Waals surface area contributed by atoms with Gasteiger partial charge in [0.05, 0.1) is 17.7 Å². The molecule has 0 saturated carbocycles. The normalized spacial score (nSPS) is 10.5. The van der Waals surface area contributed by atoms with Gasteiger partial charge in [0.15, 0.2) is 0 Å². The van der Waals surface area contributed by atoms with Gasteiger partial charge in [-0.05, 0) is 18.2 Å². The number of carboxylic acid groups (broad SMARTS) is 1. The SMILES string of the molecule is COCCNc1ccc2cc(C(=O)O)cnc2c1. The summed E-state index contributed by atoms with van der Waals surface area (Å²) in [5.74, 6) is -0.966. The van der Waals surface area contributed by atoms with E-state index < -0.39 is 5.97 Å². The molecule has 5 nitrogen and oxygen atoms in total. The number of methoxy groups -OCH3 is 1. The van der Waals surface area contributed by atoms with Crippen LogP contribution in [-0.4, -0.2) is 36.3 Å². The first kappa shape index (κ1) is 12.3. The largest absolute Gasteiger partial charge is 0.478 e. The van der Waals surface area contributed by atoms with E-state index in [4.69, 9.17) is 9.84 Å². The molecule has 0 bridgehead atoms. The number of benzene rings is 1. The minimum absolute atomic E-state index is 0.197. The molecule has 18 heavy (non-hydrogen) atoms. The molecule has 1 aromatic carbocycles. The van der Waals surface area contributed by atoms with E-state index in [1.165, 1.54) is 6.20 Å². The van der Waals surface area contributed by atoms with Gasteiger partial charge in [0.25, 0.3) is 0 Å². The number of carbonyl (C=O) groups is 1. The molecule has 0 aliphatic rings. The third-order valence-electron chi connectivity index (χ3n) is 2.57. The molecule has 0 unspecified atom stereocenters. The van der Waals surface area contributed by atoms with Crippen LogP contribution in [0.25, 0.3) is 10.9 Å². The van der Waals surface area contributed by atoms with Crippen molar-refractivity contribution in [2.75, 3.05) is 25.6 Å². The van der Waals surface area contributed by atoms with Gasteiger partial charge in [-0.1, -0.05) is 6.07 Å². The van der Waals surface area contributed by atoms with Gasteiger partial charge in [0.1, 0.15) is 0 Å². The first-order chi connectivity index (χ1) is 8.70. The number of hydrogen-bond donors (Lipinski definition) is 2. The summed E-state index contributed by atoms with van der Waals surface area (Å²) < 4.78 is 4.95. The number of carboxylic acids is 1. The second-order valence-electron chi connectivity index (χ2n) is 3.86.